The molecule has 0 spiro atoms. The second-order valence-electron chi connectivity index (χ2n) is 7.63. The number of nitrogens with two attached hydrogens (primary N) is 1. The molecule has 2 N–H and O–H groups in total. The van der Waals surface area contributed by atoms with E-state index in [0.717, 1.165) is 6.42 Å². The van der Waals surface area contributed by atoms with E-state index in [-0.39, 0.29) is 5.54 Å². The fraction of sp³-hybridized carbons (Fsp3) is 1.00. The van der Waals surface area contributed by atoms with Gasteiger partial charge in [0.15, 0.2) is 0 Å². The molecule has 0 aliphatic rings. The summed E-state index contributed by atoms with van der Waals surface area (Å²) in [6.45, 7) is 8.41. The molecule has 0 bridgehead atoms. The minimum atomic E-state index is 0.0417. The van der Waals surface area contributed by atoms with Crippen LogP contribution in [0, 0.1) is 0 Å². The Kier molecular flexibility index (Phi) is 22.9. The third kappa shape index (κ3) is 30.8. The highest BCUT2D eigenvalue weighted by Gasteiger charge is 2.03. The lowest BCUT2D eigenvalue weighted by atomic mass is 10.0. The highest BCUT2D eigenvalue weighted by molar-refractivity contribution is 9.09. The summed E-state index contributed by atoms with van der Waals surface area (Å²) in [6, 6.07) is 0. The lowest BCUT2D eigenvalue weighted by Crippen LogP contribution is -2.30. The Morgan fingerprint density at radius 2 is 0.870 bits per heavy atom. The summed E-state index contributed by atoms with van der Waals surface area (Å²) in [4.78, 5) is 0. The second kappa shape index (κ2) is 20.5. The molecule has 0 aromatic carbocycles. The fourth-order valence-corrected chi connectivity index (χ4v) is 2.69. The fourth-order valence-electron chi connectivity index (χ4n) is 2.29. The first kappa shape index (κ1) is 25.7. The van der Waals surface area contributed by atoms with Gasteiger partial charge in [-0.1, -0.05) is 113 Å². The SMILES string of the molecule is CCC(C)(C)N.CCCCCCCCCCCCCCCCBr. The van der Waals surface area contributed by atoms with E-state index in [1.165, 1.54) is 95.2 Å². The van der Waals surface area contributed by atoms with E-state index in [4.69, 9.17) is 5.73 Å². The number of alkyl halides is 1. The summed E-state index contributed by atoms with van der Waals surface area (Å²) in [5.74, 6) is 0. The lowest BCUT2D eigenvalue weighted by molar-refractivity contribution is 0.501. The first-order valence-corrected chi connectivity index (χ1v) is 11.4. The standard InChI is InChI=1S/C16H33Br.C5H13N/c1-2-3-4-5-6-7-8-9-10-11-12-13-14-15-16-17;1-4-5(2,3)6/h2-16H2,1H3;4,6H2,1-3H3. The van der Waals surface area contributed by atoms with Crippen molar-refractivity contribution in [2.24, 2.45) is 5.73 Å². The predicted octanol–water partition coefficient (Wildman–Crippen LogP) is 8.00. The maximum atomic E-state index is 5.53. The van der Waals surface area contributed by atoms with E-state index >= 15 is 0 Å². The summed E-state index contributed by atoms with van der Waals surface area (Å²) in [7, 11) is 0. The van der Waals surface area contributed by atoms with Crippen molar-refractivity contribution in [2.75, 3.05) is 5.33 Å². The summed E-state index contributed by atoms with van der Waals surface area (Å²) >= 11 is 3.48. The molecule has 0 saturated heterocycles. The molecule has 0 fully saturated rings. The van der Waals surface area contributed by atoms with Gasteiger partial charge in [-0.2, -0.15) is 0 Å². The molecule has 0 radical (unpaired) electrons. The van der Waals surface area contributed by atoms with E-state index in [2.05, 4.69) is 29.8 Å². The molecule has 0 atom stereocenters. The monoisotopic (exact) mass is 391 g/mol. The number of unbranched alkanes of at least 4 members (excludes halogenated alkanes) is 13. The van der Waals surface area contributed by atoms with Gasteiger partial charge in [0, 0.05) is 10.9 Å². The average molecular weight is 393 g/mol. The van der Waals surface area contributed by atoms with Crippen molar-refractivity contribution in [3.8, 4) is 0 Å². The highest BCUT2D eigenvalue weighted by Crippen LogP contribution is 2.13. The van der Waals surface area contributed by atoms with Gasteiger partial charge in [-0.05, 0) is 26.7 Å². The normalized spacial score (nSPS) is 11.2. The van der Waals surface area contributed by atoms with Crippen LogP contribution in [0.3, 0.4) is 0 Å². The van der Waals surface area contributed by atoms with Crippen LogP contribution in [0.4, 0.5) is 0 Å². The Balaban J connectivity index is 0. The third-order valence-electron chi connectivity index (χ3n) is 4.40. The Morgan fingerprint density at radius 1 is 0.609 bits per heavy atom. The molecular weight excluding hydrogens is 346 g/mol. The molecule has 0 aromatic rings. The molecule has 1 nitrogen and oxygen atoms in total. The highest BCUT2D eigenvalue weighted by atomic mass is 79.9. The maximum Gasteiger partial charge on any atom is 0.00944 e. The van der Waals surface area contributed by atoms with Gasteiger partial charge in [0.2, 0.25) is 0 Å². The first-order valence-electron chi connectivity index (χ1n) is 10.3. The molecule has 0 amide bonds. The molecule has 0 unspecified atom stereocenters. The number of hydrogen-bond donors (Lipinski definition) is 1. The van der Waals surface area contributed by atoms with Gasteiger partial charge in [0.05, 0.1) is 0 Å². The number of rotatable bonds is 15. The number of halogens is 1. The van der Waals surface area contributed by atoms with Crippen LogP contribution in [0.15, 0.2) is 0 Å². The third-order valence-corrected chi connectivity index (χ3v) is 4.96. The van der Waals surface area contributed by atoms with Gasteiger partial charge in [0.25, 0.3) is 0 Å². The smallest absolute Gasteiger partial charge is 0.00944 e. The molecule has 0 aliphatic heterocycles. The Hall–Kier alpha value is 0.440. The van der Waals surface area contributed by atoms with Gasteiger partial charge in [-0.15, -0.1) is 0 Å². The van der Waals surface area contributed by atoms with Gasteiger partial charge in [-0.3, -0.25) is 0 Å². The van der Waals surface area contributed by atoms with Crippen LogP contribution >= 0.6 is 15.9 Å². The van der Waals surface area contributed by atoms with Crippen molar-refractivity contribution >= 4 is 15.9 Å². The van der Waals surface area contributed by atoms with Crippen molar-refractivity contribution < 1.29 is 0 Å². The summed E-state index contributed by atoms with van der Waals surface area (Å²) in [5, 5.41) is 1.19. The molecule has 0 rings (SSSR count). The maximum absolute atomic E-state index is 5.53. The first-order chi connectivity index (χ1) is 11.0. The van der Waals surface area contributed by atoms with Gasteiger partial charge in [0.1, 0.15) is 0 Å². The van der Waals surface area contributed by atoms with E-state index in [9.17, 15) is 0 Å². The van der Waals surface area contributed by atoms with E-state index < -0.39 is 0 Å². The zero-order chi connectivity index (χ0) is 17.8. The molecular formula is C21H46BrN. The molecule has 142 valence electrons. The van der Waals surface area contributed by atoms with Gasteiger partial charge in [-0.25, -0.2) is 0 Å². The topological polar surface area (TPSA) is 26.0 Å². The minimum absolute atomic E-state index is 0.0417. The van der Waals surface area contributed by atoms with Crippen LogP contribution in [0.5, 0.6) is 0 Å². The Bertz CT molecular complexity index is 185. The van der Waals surface area contributed by atoms with Crippen molar-refractivity contribution in [1.29, 1.82) is 0 Å². The van der Waals surface area contributed by atoms with E-state index in [0.29, 0.717) is 0 Å². The Labute approximate surface area is 156 Å². The van der Waals surface area contributed by atoms with Crippen LogP contribution in [0.2, 0.25) is 0 Å². The molecule has 23 heavy (non-hydrogen) atoms. The summed E-state index contributed by atoms with van der Waals surface area (Å²) in [5.41, 5.74) is 5.58. The van der Waals surface area contributed by atoms with Crippen LogP contribution in [-0.4, -0.2) is 10.9 Å². The molecule has 0 aromatic heterocycles. The van der Waals surface area contributed by atoms with Crippen molar-refractivity contribution in [2.45, 2.75) is 130 Å². The van der Waals surface area contributed by atoms with Gasteiger partial charge < -0.3 is 5.73 Å². The van der Waals surface area contributed by atoms with Crippen molar-refractivity contribution in [1.82, 2.24) is 0 Å². The van der Waals surface area contributed by atoms with Crippen molar-refractivity contribution in [3.05, 3.63) is 0 Å². The summed E-state index contributed by atoms with van der Waals surface area (Å²) in [6.07, 6.45) is 21.3. The van der Waals surface area contributed by atoms with E-state index in [1.54, 1.807) is 0 Å². The van der Waals surface area contributed by atoms with E-state index in [1.807, 2.05) is 13.8 Å². The Morgan fingerprint density at radius 3 is 1.09 bits per heavy atom. The molecule has 0 aliphatic carbocycles. The van der Waals surface area contributed by atoms with Gasteiger partial charge >= 0.3 is 0 Å². The predicted molar refractivity (Wildman–Crippen MR) is 113 cm³/mol. The quantitative estimate of drug-likeness (QED) is 0.222. The van der Waals surface area contributed by atoms with Crippen molar-refractivity contribution in [3.63, 3.8) is 0 Å². The zero-order valence-electron chi connectivity index (χ0n) is 16.8. The second-order valence-corrected chi connectivity index (χ2v) is 8.42. The van der Waals surface area contributed by atoms with Crippen LogP contribution in [0.1, 0.15) is 124 Å². The number of hydrogen-bond acceptors (Lipinski definition) is 1. The summed E-state index contributed by atoms with van der Waals surface area (Å²) < 4.78 is 0. The van der Waals surface area contributed by atoms with Crippen LogP contribution in [-0.2, 0) is 0 Å². The molecule has 0 saturated carbocycles. The zero-order valence-corrected chi connectivity index (χ0v) is 18.4. The van der Waals surface area contributed by atoms with Crippen LogP contribution < -0.4 is 5.73 Å². The average Bonchev–Trinajstić information content (AvgIpc) is 2.52. The minimum Gasteiger partial charge on any atom is -0.326 e. The molecule has 0 heterocycles. The van der Waals surface area contributed by atoms with Crippen LogP contribution in [0.25, 0.3) is 0 Å². The molecule has 2 heteroatoms. The lowest BCUT2D eigenvalue weighted by Gasteiger charge is -2.13. The largest absolute Gasteiger partial charge is 0.326 e.